The number of carbonyl (C=O) groups is 2. The maximum atomic E-state index is 14.8. The molecule has 4 amide bonds. The Bertz CT molecular complexity index is 1490. The number of halogens is 1. The van der Waals surface area contributed by atoms with Gasteiger partial charge in [0.25, 0.3) is 0 Å². The third-order valence-corrected chi connectivity index (χ3v) is 7.19. The van der Waals surface area contributed by atoms with Crippen LogP contribution < -0.4 is 21.1 Å². The van der Waals surface area contributed by atoms with Crippen LogP contribution in [0.15, 0.2) is 54.9 Å². The molecular weight excluding hydrogens is 523 g/mol. The molecule has 5 rings (SSSR count). The summed E-state index contributed by atoms with van der Waals surface area (Å²) in [6, 6.07) is 10.9. The number of methoxy groups -OCH3 is 1. The van der Waals surface area contributed by atoms with Gasteiger partial charge < -0.3 is 30.7 Å². The van der Waals surface area contributed by atoms with Gasteiger partial charge in [0.15, 0.2) is 11.6 Å². The van der Waals surface area contributed by atoms with Gasteiger partial charge in [-0.15, -0.1) is 11.3 Å². The monoisotopic (exact) mass is 550 g/mol. The number of primary amides is 1. The highest BCUT2D eigenvalue weighted by atomic mass is 32.1. The number of nitrogens with zero attached hydrogens (tertiary/aromatic N) is 3. The molecular formula is C27H27FN6O4S. The molecule has 10 nitrogen and oxygen atoms in total. The van der Waals surface area contributed by atoms with Crippen molar-refractivity contribution in [3.63, 3.8) is 0 Å². The molecule has 1 saturated carbocycles. The maximum Gasteiger partial charge on any atom is 0.319 e. The van der Waals surface area contributed by atoms with Gasteiger partial charge in [-0.1, -0.05) is 6.07 Å². The number of nitrogens with one attached hydrogen (secondary N) is 2. The second-order valence-corrected chi connectivity index (χ2v) is 10.1. The summed E-state index contributed by atoms with van der Waals surface area (Å²) in [4.78, 5) is 34.9. The van der Waals surface area contributed by atoms with Crippen LogP contribution >= 0.6 is 11.3 Å². The van der Waals surface area contributed by atoms with Crippen molar-refractivity contribution in [1.82, 2.24) is 20.2 Å². The van der Waals surface area contributed by atoms with Crippen molar-refractivity contribution in [1.29, 1.82) is 0 Å². The van der Waals surface area contributed by atoms with E-state index < -0.39 is 11.8 Å². The number of hydrogen-bond donors (Lipinski definition) is 3. The Labute approximate surface area is 228 Å². The molecule has 3 heterocycles. The lowest BCUT2D eigenvalue weighted by atomic mass is 10.2. The van der Waals surface area contributed by atoms with E-state index in [0.29, 0.717) is 36.6 Å². The molecule has 0 bridgehead atoms. The molecule has 0 aliphatic heterocycles. The standard InChI is InChI=1S/C27H27FN6O4S/c1-37-11-10-34(26(29)35)15-16-2-6-20(31-14-16)24-13-21-25(39-24)23(8-9-30-21)38-22-7-5-18(12-19(22)28)33-27(36)32-17-3-4-17/h2,5-9,12-14,17H,3-4,10-11,15H2,1H3,(H2,29,35)(H2,32,33,36). The van der Waals surface area contributed by atoms with Gasteiger partial charge >= 0.3 is 12.1 Å². The number of nitrogens with two attached hydrogens (primary N) is 1. The van der Waals surface area contributed by atoms with Crippen LogP contribution in [0.3, 0.4) is 0 Å². The number of amides is 4. The minimum absolute atomic E-state index is 0.0283. The van der Waals surface area contributed by atoms with Crippen molar-refractivity contribution in [2.24, 2.45) is 5.73 Å². The first-order valence-corrected chi connectivity index (χ1v) is 13.1. The minimum Gasteiger partial charge on any atom is -0.453 e. The van der Waals surface area contributed by atoms with Crippen LogP contribution in [0.25, 0.3) is 20.8 Å². The molecule has 12 heteroatoms. The number of thiophene rings is 1. The van der Waals surface area contributed by atoms with Crippen LogP contribution in [0.5, 0.6) is 11.5 Å². The first kappa shape index (κ1) is 26.3. The molecule has 0 atom stereocenters. The first-order valence-electron chi connectivity index (χ1n) is 12.3. The lowest BCUT2D eigenvalue weighted by molar-refractivity contribution is 0.151. The van der Waals surface area contributed by atoms with E-state index in [4.69, 9.17) is 15.2 Å². The largest absolute Gasteiger partial charge is 0.453 e. The van der Waals surface area contributed by atoms with Crippen LogP contribution in [0.4, 0.5) is 19.7 Å². The molecule has 1 aromatic carbocycles. The molecule has 4 aromatic rings. The summed E-state index contributed by atoms with van der Waals surface area (Å²) in [5.41, 5.74) is 8.04. The second kappa shape index (κ2) is 11.6. The Balaban J connectivity index is 1.30. The van der Waals surface area contributed by atoms with E-state index in [9.17, 15) is 14.0 Å². The fourth-order valence-corrected chi connectivity index (χ4v) is 4.88. The van der Waals surface area contributed by atoms with E-state index in [1.165, 1.54) is 28.4 Å². The van der Waals surface area contributed by atoms with E-state index in [1.54, 1.807) is 31.6 Å². The highest BCUT2D eigenvalue weighted by Gasteiger charge is 2.23. The van der Waals surface area contributed by atoms with E-state index in [1.807, 2.05) is 18.2 Å². The van der Waals surface area contributed by atoms with Crippen LogP contribution in [0.2, 0.25) is 0 Å². The predicted octanol–water partition coefficient (Wildman–Crippen LogP) is 5.10. The van der Waals surface area contributed by atoms with Gasteiger partial charge in [-0.25, -0.2) is 14.0 Å². The van der Waals surface area contributed by atoms with Crippen LogP contribution in [0.1, 0.15) is 18.4 Å². The Hall–Kier alpha value is -4.29. The predicted molar refractivity (Wildman–Crippen MR) is 146 cm³/mol. The van der Waals surface area contributed by atoms with Gasteiger partial charge in [0.05, 0.1) is 27.4 Å². The number of urea groups is 2. The number of benzene rings is 1. The summed E-state index contributed by atoms with van der Waals surface area (Å²) in [6.45, 7) is 1.09. The topological polar surface area (TPSA) is 132 Å². The van der Waals surface area contributed by atoms with Crippen LogP contribution in [0, 0.1) is 5.82 Å². The van der Waals surface area contributed by atoms with E-state index in [0.717, 1.165) is 33.7 Å². The summed E-state index contributed by atoms with van der Waals surface area (Å²) in [5.74, 6) is -0.122. The molecule has 0 radical (unpaired) electrons. The van der Waals surface area contributed by atoms with Gasteiger partial charge in [-0.3, -0.25) is 9.97 Å². The Morgan fingerprint density at radius 3 is 2.69 bits per heavy atom. The molecule has 1 aliphatic rings. The van der Waals surface area contributed by atoms with Gasteiger partial charge in [0, 0.05) is 56.5 Å². The lowest BCUT2D eigenvalue weighted by Crippen LogP contribution is -2.37. The number of pyridine rings is 2. The molecule has 0 saturated heterocycles. The Morgan fingerprint density at radius 2 is 2.00 bits per heavy atom. The van der Waals surface area contributed by atoms with Crippen molar-refractivity contribution in [2.45, 2.75) is 25.4 Å². The lowest BCUT2D eigenvalue weighted by Gasteiger charge is -2.19. The zero-order chi connectivity index (χ0) is 27.4. The fourth-order valence-electron chi connectivity index (χ4n) is 3.83. The molecule has 3 aromatic heterocycles. The average Bonchev–Trinajstić information content (AvgIpc) is 3.61. The van der Waals surface area contributed by atoms with Crippen molar-refractivity contribution in [3.8, 4) is 22.1 Å². The summed E-state index contributed by atoms with van der Waals surface area (Å²) in [6.07, 6.45) is 5.22. The summed E-state index contributed by atoms with van der Waals surface area (Å²) >= 11 is 1.42. The molecule has 0 unspecified atom stereocenters. The highest BCUT2D eigenvalue weighted by molar-refractivity contribution is 7.22. The van der Waals surface area contributed by atoms with E-state index in [-0.39, 0.29) is 17.8 Å². The summed E-state index contributed by atoms with van der Waals surface area (Å²) in [5, 5.41) is 5.43. The highest BCUT2D eigenvalue weighted by Crippen LogP contribution is 2.39. The normalized spacial score (nSPS) is 12.8. The van der Waals surface area contributed by atoms with Gasteiger partial charge in [0.1, 0.15) is 5.75 Å². The first-order chi connectivity index (χ1) is 18.9. The zero-order valence-electron chi connectivity index (χ0n) is 21.1. The third-order valence-electron chi connectivity index (χ3n) is 6.03. The quantitative estimate of drug-likeness (QED) is 0.252. The molecule has 39 heavy (non-hydrogen) atoms. The minimum atomic E-state index is -0.603. The molecule has 0 spiro atoms. The van der Waals surface area contributed by atoms with Crippen LogP contribution in [-0.2, 0) is 11.3 Å². The summed E-state index contributed by atoms with van der Waals surface area (Å²) in [7, 11) is 1.56. The number of hydrogen-bond acceptors (Lipinski definition) is 7. The number of rotatable bonds is 10. The molecule has 1 aliphatic carbocycles. The third kappa shape index (κ3) is 6.59. The smallest absolute Gasteiger partial charge is 0.319 e. The fraction of sp³-hybridized carbons (Fsp3) is 0.259. The van der Waals surface area contributed by atoms with Gasteiger partial charge in [0.2, 0.25) is 0 Å². The van der Waals surface area contributed by atoms with Crippen molar-refractivity contribution in [2.75, 3.05) is 25.6 Å². The van der Waals surface area contributed by atoms with E-state index >= 15 is 0 Å². The number of anilines is 1. The number of carbonyl (C=O) groups excluding carboxylic acids is 2. The second-order valence-electron chi connectivity index (χ2n) is 9.06. The number of aromatic nitrogens is 2. The van der Waals surface area contributed by atoms with Crippen LogP contribution in [-0.4, -0.2) is 53.2 Å². The SMILES string of the molecule is COCCN(Cc1ccc(-c2cc3nccc(Oc4ccc(NC(=O)NC5CC5)cc4F)c3s2)nc1)C(N)=O. The Morgan fingerprint density at radius 1 is 1.15 bits per heavy atom. The summed E-state index contributed by atoms with van der Waals surface area (Å²) < 4.78 is 26.5. The van der Waals surface area contributed by atoms with Crippen molar-refractivity contribution in [3.05, 3.63) is 66.2 Å². The molecule has 202 valence electrons. The molecule has 4 N–H and O–H groups in total. The maximum absolute atomic E-state index is 14.8. The van der Waals surface area contributed by atoms with Crippen molar-refractivity contribution >= 4 is 39.3 Å². The van der Waals surface area contributed by atoms with Gasteiger partial charge in [-0.05, 0) is 42.7 Å². The number of ether oxygens (including phenoxy) is 2. The molecule has 1 fully saturated rings. The van der Waals surface area contributed by atoms with Gasteiger partial charge in [-0.2, -0.15) is 0 Å². The average molecular weight is 551 g/mol. The zero-order valence-corrected chi connectivity index (χ0v) is 22.0. The Kier molecular flexibility index (Phi) is 7.84. The van der Waals surface area contributed by atoms with Crippen molar-refractivity contribution < 1.29 is 23.5 Å². The number of fused-ring (bicyclic) bond motifs is 1. The van der Waals surface area contributed by atoms with E-state index in [2.05, 4.69) is 20.6 Å².